The van der Waals surface area contributed by atoms with Gasteiger partial charge in [-0.15, -0.1) is 0 Å². The molecular formula is C15H18N2O2. The number of benzene rings is 1. The highest BCUT2D eigenvalue weighted by Crippen LogP contribution is 2.29. The van der Waals surface area contributed by atoms with Crippen molar-refractivity contribution in [1.29, 1.82) is 0 Å². The topological polar surface area (TPSA) is 40.6 Å². The molecule has 0 spiro atoms. The van der Waals surface area contributed by atoms with Crippen LogP contribution in [0.4, 0.5) is 5.69 Å². The molecule has 2 aliphatic heterocycles. The van der Waals surface area contributed by atoms with Gasteiger partial charge in [-0.3, -0.25) is 19.4 Å². The van der Waals surface area contributed by atoms with Crippen LogP contribution >= 0.6 is 0 Å². The van der Waals surface area contributed by atoms with Crippen LogP contribution in [0.5, 0.6) is 0 Å². The van der Waals surface area contributed by atoms with Crippen LogP contribution in [0.25, 0.3) is 0 Å². The molecule has 0 N–H and O–H groups in total. The van der Waals surface area contributed by atoms with Gasteiger partial charge in [0.2, 0.25) is 0 Å². The lowest BCUT2D eigenvalue weighted by Crippen LogP contribution is -2.46. The highest BCUT2D eigenvalue weighted by atomic mass is 16.2. The van der Waals surface area contributed by atoms with Crippen molar-refractivity contribution >= 4 is 17.4 Å². The van der Waals surface area contributed by atoms with E-state index in [2.05, 4.69) is 11.8 Å². The molecule has 0 bridgehead atoms. The SMILES string of the molecule is C[C@H]1CCCCN1CN1C(=O)C(=O)c2ccccc21. The average molecular weight is 258 g/mol. The summed E-state index contributed by atoms with van der Waals surface area (Å²) < 4.78 is 0. The van der Waals surface area contributed by atoms with Crippen molar-refractivity contribution in [2.75, 3.05) is 18.1 Å². The number of fused-ring (bicyclic) bond motifs is 1. The molecule has 1 amide bonds. The van der Waals surface area contributed by atoms with Gasteiger partial charge in [0, 0.05) is 12.6 Å². The minimum Gasteiger partial charge on any atom is -0.291 e. The lowest BCUT2D eigenvalue weighted by molar-refractivity contribution is -0.114. The van der Waals surface area contributed by atoms with E-state index in [4.69, 9.17) is 0 Å². The maximum absolute atomic E-state index is 12.1. The minimum atomic E-state index is -0.390. The Morgan fingerprint density at radius 2 is 2.00 bits per heavy atom. The van der Waals surface area contributed by atoms with Gasteiger partial charge in [0.1, 0.15) is 0 Å². The lowest BCUT2D eigenvalue weighted by atomic mass is 10.0. The summed E-state index contributed by atoms with van der Waals surface area (Å²) in [5, 5.41) is 0. The third kappa shape index (κ3) is 2.06. The normalized spacial score (nSPS) is 23.8. The standard InChI is InChI=1S/C15H18N2O2/c1-11-6-4-5-9-16(11)10-17-13-8-3-2-7-12(13)14(18)15(17)19/h2-3,7-8,11H,4-6,9-10H2,1H3/t11-/m0/s1. The van der Waals surface area contributed by atoms with Gasteiger partial charge in [0.25, 0.3) is 5.78 Å². The van der Waals surface area contributed by atoms with Crippen LogP contribution in [0, 0.1) is 0 Å². The second kappa shape index (κ2) is 4.78. The Hall–Kier alpha value is -1.68. The molecule has 2 aliphatic rings. The van der Waals surface area contributed by atoms with Crippen molar-refractivity contribution in [3.05, 3.63) is 29.8 Å². The average Bonchev–Trinajstić information content (AvgIpc) is 2.67. The van der Waals surface area contributed by atoms with Crippen molar-refractivity contribution in [2.45, 2.75) is 32.2 Å². The first-order valence-electron chi connectivity index (χ1n) is 6.88. The molecule has 1 aromatic rings. The first-order chi connectivity index (χ1) is 9.18. The van der Waals surface area contributed by atoms with Crippen molar-refractivity contribution in [2.24, 2.45) is 0 Å². The van der Waals surface area contributed by atoms with E-state index < -0.39 is 0 Å². The van der Waals surface area contributed by atoms with Crippen LogP contribution in [0.1, 0.15) is 36.5 Å². The van der Waals surface area contributed by atoms with Crippen molar-refractivity contribution in [3.63, 3.8) is 0 Å². The number of nitrogens with zero attached hydrogens (tertiary/aromatic N) is 2. The smallest absolute Gasteiger partial charge is 0.291 e. The van der Waals surface area contributed by atoms with Gasteiger partial charge >= 0.3 is 5.91 Å². The lowest BCUT2D eigenvalue weighted by Gasteiger charge is -2.36. The highest BCUT2D eigenvalue weighted by molar-refractivity contribution is 6.52. The third-order valence-electron chi connectivity index (χ3n) is 4.14. The Balaban J connectivity index is 1.85. The maximum Gasteiger partial charge on any atom is 0.300 e. The summed E-state index contributed by atoms with van der Waals surface area (Å²) in [6.45, 7) is 3.72. The summed E-state index contributed by atoms with van der Waals surface area (Å²) in [5.74, 6) is -0.765. The molecule has 0 aromatic heterocycles. The van der Waals surface area contributed by atoms with Gasteiger partial charge in [-0.2, -0.15) is 0 Å². The number of Topliss-reactive ketones (excluding diaryl/α,β-unsaturated/α-hetero) is 1. The Bertz CT molecular complexity index is 527. The number of carbonyl (C=O) groups is 2. The maximum atomic E-state index is 12.1. The fourth-order valence-electron chi connectivity index (χ4n) is 2.94. The summed E-state index contributed by atoms with van der Waals surface area (Å²) in [5.41, 5.74) is 1.30. The molecule has 100 valence electrons. The van der Waals surface area contributed by atoms with Crippen molar-refractivity contribution in [1.82, 2.24) is 4.90 Å². The molecule has 4 heteroatoms. The van der Waals surface area contributed by atoms with E-state index in [1.165, 1.54) is 12.8 Å². The molecule has 1 atom stereocenters. The summed E-state index contributed by atoms with van der Waals surface area (Å²) >= 11 is 0. The largest absolute Gasteiger partial charge is 0.300 e. The van der Waals surface area contributed by atoms with Gasteiger partial charge in [0.15, 0.2) is 0 Å². The molecule has 1 aromatic carbocycles. The Kier molecular flexibility index (Phi) is 3.11. The van der Waals surface area contributed by atoms with Crippen molar-refractivity contribution < 1.29 is 9.59 Å². The van der Waals surface area contributed by atoms with Crippen LogP contribution in [-0.4, -0.2) is 35.8 Å². The number of amides is 1. The molecule has 4 nitrogen and oxygen atoms in total. The van der Waals surface area contributed by atoms with Gasteiger partial charge in [-0.25, -0.2) is 0 Å². The molecule has 0 radical (unpaired) electrons. The van der Waals surface area contributed by atoms with E-state index in [-0.39, 0.29) is 11.7 Å². The predicted octanol–water partition coefficient (Wildman–Crippen LogP) is 2.05. The highest BCUT2D eigenvalue weighted by Gasteiger charge is 2.36. The predicted molar refractivity (Wildman–Crippen MR) is 73.1 cm³/mol. The number of hydrogen-bond acceptors (Lipinski definition) is 3. The zero-order chi connectivity index (χ0) is 13.4. The van der Waals surface area contributed by atoms with Crippen LogP contribution in [0.3, 0.4) is 0 Å². The van der Waals surface area contributed by atoms with Gasteiger partial charge in [-0.1, -0.05) is 18.6 Å². The molecule has 1 fully saturated rings. The molecule has 1 saturated heterocycles. The fourth-order valence-corrected chi connectivity index (χ4v) is 2.94. The van der Waals surface area contributed by atoms with E-state index in [9.17, 15) is 9.59 Å². The van der Waals surface area contributed by atoms with E-state index in [1.807, 2.05) is 12.1 Å². The van der Waals surface area contributed by atoms with E-state index in [0.717, 1.165) is 18.7 Å². The first-order valence-corrected chi connectivity index (χ1v) is 6.88. The Morgan fingerprint density at radius 1 is 1.21 bits per heavy atom. The fraction of sp³-hybridized carbons (Fsp3) is 0.467. The monoisotopic (exact) mass is 258 g/mol. The summed E-state index contributed by atoms with van der Waals surface area (Å²) in [6, 6.07) is 7.74. The molecular weight excluding hydrogens is 240 g/mol. The molecule has 0 aliphatic carbocycles. The number of likely N-dealkylation sites (tertiary alicyclic amines) is 1. The summed E-state index contributed by atoms with van der Waals surface area (Å²) in [6.07, 6.45) is 3.58. The van der Waals surface area contributed by atoms with Gasteiger partial charge in [-0.05, 0) is 31.9 Å². The molecule has 2 heterocycles. The van der Waals surface area contributed by atoms with E-state index in [0.29, 0.717) is 18.3 Å². The minimum absolute atomic E-state index is 0.375. The van der Waals surface area contributed by atoms with E-state index >= 15 is 0 Å². The van der Waals surface area contributed by atoms with Crippen molar-refractivity contribution in [3.8, 4) is 0 Å². The molecule has 0 saturated carbocycles. The number of anilines is 1. The number of piperidine rings is 1. The van der Waals surface area contributed by atoms with Crippen LogP contribution < -0.4 is 4.90 Å². The zero-order valence-electron chi connectivity index (χ0n) is 11.1. The number of hydrogen-bond donors (Lipinski definition) is 0. The van der Waals surface area contributed by atoms with Crippen LogP contribution in [0.2, 0.25) is 0 Å². The number of rotatable bonds is 2. The Labute approximate surface area is 113 Å². The zero-order valence-corrected chi connectivity index (χ0v) is 11.1. The van der Waals surface area contributed by atoms with E-state index in [1.54, 1.807) is 17.0 Å². The van der Waals surface area contributed by atoms with Crippen LogP contribution in [-0.2, 0) is 4.79 Å². The third-order valence-corrected chi connectivity index (χ3v) is 4.14. The Morgan fingerprint density at radius 3 is 2.79 bits per heavy atom. The summed E-state index contributed by atoms with van der Waals surface area (Å²) in [4.78, 5) is 27.9. The van der Waals surface area contributed by atoms with Gasteiger partial charge < -0.3 is 0 Å². The second-order valence-electron chi connectivity index (χ2n) is 5.38. The molecule has 3 rings (SSSR count). The molecule has 19 heavy (non-hydrogen) atoms. The van der Waals surface area contributed by atoms with Crippen LogP contribution in [0.15, 0.2) is 24.3 Å². The van der Waals surface area contributed by atoms with Gasteiger partial charge in [0.05, 0.1) is 17.9 Å². The quantitative estimate of drug-likeness (QED) is 0.762. The second-order valence-corrected chi connectivity index (χ2v) is 5.38. The summed E-state index contributed by atoms with van der Waals surface area (Å²) in [7, 11) is 0. The number of para-hydroxylation sites is 1. The molecule has 0 unspecified atom stereocenters. The number of ketones is 1. The number of carbonyl (C=O) groups excluding carboxylic acids is 2. The first kappa shape index (κ1) is 12.4.